The van der Waals surface area contributed by atoms with Crippen LogP contribution in [0.25, 0.3) is 0 Å². The topological polar surface area (TPSA) is 112 Å². The van der Waals surface area contributed by atoms with Crippen molar-refractivity contribution in [3.8, 4) is 0 Å². The molecule has 1 aliphatic heterocycles. The highest BCUT2D eigenvalue weighted by Gasteiger charge is 2.40. The van der Waals surface area contributed by atoms with E-state index in [1.807, 2.05) is 0 Å². The molecule has 0 bridgehead atoms. The van der Waals surface area contributed by atoms with Gasteiger partial charge in [-0.25, -0.2) is 15.2 Å². The molecule has 8 nitrogen and oxygen atoms in total. The Labute approximate surface area is 167 Å². The molecular formula is C18H16F4N6O2. The minimum atomic E-state index is -4.53. The Balaban J connectivity index is 1.85. The van der Waals surface area contributed by atoms with Crippen molar-refractivity contribution in [2.45, 2.75) is 13.1 Å². The summed E-state index contributed by atoms with van der Waals surface area (Å²) in [7, 11) is 0. The summed E-state index contributed by atoms with van der Waals surface area (Å²) in [5.41, 5.74) is 5.25. The number of hydroxylamine groups is 1. The predicted octanol–water partition coefficient (Wildman–Crippen LogP) is 3.07. The Hall–Kier alpha value is -3.48. The van der Waals surface area contributed by atoms with Gasteiger partial charge in [-0.1, -0.05) is 0 Å². The Kier molecular flexibility index (Phi) is 5.48. The van der Waals surface area contributed by atoms with Gasteiger partial charge in [-0.3, -0.25) is 10.2 Å². The van der Waals surface area contributed by atoms with Gasteiger partial charge in [0.1, 0.15) is 5.82 Å². The SMILES string of the molecule is Cc1cc(F)ccc1N(ON(N)N1c2ccc(C(F)(F)F)cc21)C(=N)/C=C\C(N)=O. The van der Waals surface area contributed by atoms with Crippen LogP contribution >= 0.6 is 0 Å². The molecule has 158 valence electrons. The fourth-order valence-corrected chi connectivity index (χ4v) is 2.64. The van der Waals surface area contributed by atoms with Crippen molar-refractivity contribution in [2.24, 2.45) is 11.6 Å². The molecule has 2 aromatic rings. The van der Waals surface area contributed by atoms with Gasteiger partial charge in [-0.2, -0.15) is 18.2 Å². The number of nitrogens with one attached hydrogen (secondary N) is 1. The smallest absolute Gasteiger partial charge is 0.366 e. The van der Waals surface area contributed by atoms with Crippen LogP contribution in [0.2, 0.25) is 0 Å². The number of fused-ring (bicyclic) bond motifs is 1. The van der Waals surface area contributed by atoms with Crippen LogP contribution in [0, 0.1) is 18.2 Å². The number of aryl methyl sites for hydroxylation is 1. The average Bonchev–Trinajstić information content (AvgIpc) is 3.37. The van der Waals surface area contributed by atoms with E-state index in [9.17, 15) is 22.4 Å². The third-order valence-corrected chi connectivity index (χ3v) is 4.07. The standard InChI is InChI=1S/C18H16F4N6O2/c1-10-8-12(19)3-5-13(10)27(16(23)6-7-17(24)29)30-28(25)26-14-4-2-11(9-15(14)26)18(20,21)22/h2-9,23H,25H2,1H3,(H2,24,29)/b7-6-,23-16?. The van der Waals surface area contributed by atoms with Gasteiger partial charge >= 0.3 is 6.18 Å². The number of amidine groups is 1. The second-order valence-electron chi connectivity index (χ2n) is 6.24. The molecule has 12 heteroatoms. The van der Waals surface area contributed by atoms with Crippen LogP contribution in [0.5, 0.6) is 0 Å². The summed E-state index contributed by atoms with van der Waals surface area (Å²) in [6.45, 7) is 1.54. The third kappa shape index (κ3) is 4.40. The maximum atomic E-state index is 13.5. The van der Waals surface area contributed by atoms with Crippen molar-refractivity contribution in [2.75, 3.05) is 10.1 Å². The van der Waals surface area contributed by atoms with E-state index in [0.717, 1.165) is 40.4 Å². The molecule has 1 heterocycles. The van der Waals surface area contributed by atoms with E-state index in [0.29, 0.717) is 16.5 Å². The number of nitrogens with two attached hydrogens (primary N) is 2. The molecule has 0 atom stereocenters. The molecule has 0 radical (unpaired) electrons. The molecule has 0 unspecified atom stereocenters. The monoisotopic (exact) mass is 424 g/mol. The van der Waals surface area contributed by atoms with E-state index >= 15 is 0 Å². The molecule has 0 saturated carbocycles. The minimum Gasteiger partial charge on any atom is -0.366 e. The summed E-state index contributed by atoms with van der Waals surface area (Å²) in [6, 6.07) is 6.61. The van der Waals surface area contributed by atoms with Crippen LogP contribution in [0.3, 0.4) is 0 Å². The lowest BCUT2D eigenvalue weighted by atomic mass is 10.2. The van der Waals surface area contributed by atoms with Crippen LogP contribution in [-0.4, -0.2) is 17.0 Å². The van der Waals surface area contributed by atoms with Gasteiger partial charge in [-0.05, 0) is 55.0 Å². The molecule has 3 rings (SSSR count). The molecular weight excluding hydrogens is 408 g/mol. The van der Waals surface area contributed by atoms with E-state index in [-0.39, 0.29) is 11.4 Å². The molecule has 30 heavy (non-hydrogen) atoms. The first-order chi connectivity index (χ1) is 14.0. The molecule has 0 fully saturated rings. The van der Waals surface area contributed by atoms with E-state index < -0.39 is 29.3 Å². The molecule has 5 N–H and O–H groups in total. The first-order valence-corrected chi connectivity index (χ1v) is 8.35. The molecule has 0 aliphatic carbocycles. The van der Waals surface area contributed by atoms with Crippen molar-refractivity contribution in [1.29, 1.82) is 5.41 Å². The third-order valence-electron chi connectivity index (χ3n) is 4.07. The summed E-state index contributed by atoms with van der Waals surface area (Å²) in [4.78, 5) is 16.4. The second-order valence-corrected chi connectivity index (χ2v) is 6.24. The molecule has 0 saturated heterocycles. The number of halogens is 4. The van der Waals surface area contributed by atoms with Crippen LogP contribution in [-0.2, 0) is 15.9 Å². The number of hydrazine groups is 2. The molecule has 1 amide bonds. The zero-order valence-corrected chi connectivity index (χ0v) is 15.4. The number of amides is 1. The number of primary amides is 1. The van der Waals surface area contributed by atoms with Crippen LogP contribution in [0.4, 0.5) is 34.6 Å². The highest BCUT2D eigenvalue weighted by atomic mass is 19.4. The molecule has 0 aromatic heterocycles. The first kappa shape index (κ1) is 21.2. The fraction of sp³-hybridized carbons (Fsp3) is 0.111. The Morgan fingerprint density at radius 2 is 1.87 bits per heavy atom. The van der Waals surface area contributed by atoms with Crippen LogP contribution in [0.15, 0.2) is 48.6 Å². The van der Waals surface area contributed by atoms with Crippen LogP contribution in [0.1, 0.15) is 11.1 Å². The van der Waals surface area contributed by atoms with Crippen molar-refractivity contribution in [3.05, 3.63) is 65.5 Å². The van der Waals surface area contributed by atoms with Gasteiger partial charge in [0.25, 0.3) is 0 Å². The maximum absolute atomic E-state index is 13.5. The van der Waals surface area contributed by atoms with Gasteiger partial charge in [-0.15, -0.1) is 4.94 Å². The first-order valence-electron chi connectivity index (χ1n) is 8.35. The number of benzene rings is 2. The van der Waals surface area contributed by atoms with E-state index in [2.05, 4.69) is 0 Å². The van der Waals surface area contributed by atoms with Crippen molar-refractivity contribution in [1.82, 2.24) is 5.28 Å². The Morgan fingerprint density at radius 3 is 2.47 bits per heavy atom. The summed E-state index contributed by atoms with van der Waals surface area (Å²) in [6.07, 6.45) is -2.60. The normalized spacial score (nSPS) is 13.0. The number of alkyl halides is 3. The average molecular weight is 424 g/mol. The Morgan fingerprint density at radius 1 is 1.17 bits per heavy atom. The highest BCUT2D eigenvalue weighted by Crippen LogP contribution is 2.50. The summed E-state index contributed by atoms with van der Waals surface area (Å²) >= 11 is 0. The zero-order valence-electron chi connectivity index (χ0n) is 15.4. The number of hydrogen-bond donors (Lipinski definition) is 3. The second kappa shape index (κ2) is 7.74. The minimum absolute atomic E-state index is 0.155. The lowest BCUT2D eigenvalue weighted by Crippen LogP contribution is -2.46. The maximum Gasteiger partial charge on any atom is 0.416 e. The van der Waals surface area contributed by atoms with Crippen LogP contribution < -0.4 is 21.6 Å². The van der Waals surface area contributed by atoms with Crippen molar-refractivity contribution < 1.29 is 27.3 Å². The number of anilines is 3. The predicted molar refractivity (Wildman–Crippen MR) is 100 cm³/mol. The van der Waals surface area contributed by atoms with Gasteiger partial charge in [0.15, 0.2) is 5.84 Å². The largest absolute Gasteiger partial charge is 0.416 e. The number of rotatable bonds is 6. The van der Waals surface area contributed by atoms with E-state index in [1.165, 1.54) is 18.2 Å². The van der Waals surface area contributed by atoms with Crippen molar-refractivity contribution in [3.63, 3.8) is 0 Å². The number of hydrogen-bond acceptors (Lipinski definition) is 6. The quantitative estimate of drug-likeness (QED) is 0.125. The number of carbonyl (C=O) groups excluding carboxylic acids is 1. The van der Waals surface area contributed by atoms with E-state index in [4.69, 9.17) is 21.9 Å². The number of nitrogens with zero attached hydrogens (tertiary/aromatic N) is 3. The lowest BCUT2D eigenvalue weighted by molar-refractivity contribution is -0.155. The van der Waals surface area contributed by atoms with Gasteiger partial charge in [0.05, 0.1) is 22.6 Å². The summed E-state index contributed by atoms with van der Waals surface area (Å²) in [5, 5.41) is 10.7. The van der Waals surface area contributed by atoms with Gasteiger partial charge < -0.3 is 5.73 Å². The highest BCUT2D eigenvalue weighted by molar-refractivity contribution is 6.05. The van der Waals surface area contributed by atoms with Gasteiger partial charge in [0.2, 0.25) is 5.91 Å². The molecule has 1 aliphatic rings. The number of carbonyl (C=O) groups is 1. The van der Waals surface area contributed by atoms with Crippen molar-refractivity contribution >= 4 is 28.8 Å². The van der Waals surface area contributed by atoms with E-state index in [1.54, 1.807) is 6.92 Å². The summed E-state index contributed by atoms with van der Waals surface area (Å²) < 4.78 is 52.1. The zero-order chi connectivity index (χ0) is 22.2. The fourth-order valence-electron chi connectivity index (χ4n) is 2.64. The molecule has 0 spiro atoms. The lowest BCUT2D eigenvalue weighted by Gasteiger charge is -2.28. The molecule has 2 aromatic carbocycles. The summed E-state index contributed by atoms with van der Waals surface area (Å²) in [5.74, 6) is 4.08. The Bertz CT molecular complexity index is 1040. The van der Waals surface area contributed by atoms with Gasteiger partial charge in [0, 0.05) is 11.4 Å².